The third kappa shape index (κ3) is 7.92. The zero-order chi connectivity index (χ0) is 29.4. The van der Waals surface area contributed by atoms with Crippen LogP contribution in [0.5, 0.6) is 5.88 Å². The van der Waals surface area contributed by atoms with Gasteiger partial charge in [-0.2, -0.15) is 4.98 Å². The molecule has 1 aromatic heterocycles. The Bertz CT molecular complexity index is 1240. The Morgan fingerprint density at radius 2 is 1.83 bits per heavy atom. The van der Waals surface area contributed by atoms with Crippen molar-refractivity contribution in [3.8, 4) is 17.3 Å². The first-order chi connectivity index (χ1) is 19.7. The topological polar surface area (TPSA) is 151 Å². The molecule has 1 unspecified atom stereocenters. The minimum atomic E-state index is -1.11. The Morgan fingerprint density at radius 3 is 2.49 bits per heavy atom. The summed E-state index contributed by atoms with van der Waals surface area (Å²) in [7, 11) is 0. The zero-order valence-corrected chi connectivity index (χ0v) is 23.5. The molecule has 220 valence electrons. The van der Waals surface area contributed by atoms with Gasteiger partial charge in [-0.05, 0) is 46.0 Å². The van der Waals surface area contributed by atoms with Crippen molar-refractivity contribution in [2.45, 2.75) is 70.6 Å². The van der Waals surface area contributed by atoms with E-state index in [1.165, 1.54) is 11.0 Å². The summed E-state index contributed by atoms with van der Waals surface area (Å²) < 4.78 is 11.2. The third-order valence-corrected chi connectivity index (χ3v) is 7.24. The summed E-state index contributed by atoms with van der Waals surface area (Å²) in [6, 6.07) is 9.19. The van der Waals surface area contributed by atoms with Crippen molar-refractivity contribution in [1.29, 1.82) is 0 Å². The number of benzene rings is 1. The second kappa shape index (κ2) is 13.9. The van der Waals surface area contributed by atoms with Crippen molar-refractivity contribution in [2.24, 2.45) is 0 Å². The highest BCUT2D eigenvalue weighted by Gasteiger charge is 2.35. The predicted octanol–water partition coefficient (Wildman–Crippen LogP) is 3.12. The molecular weight excluding hydrogens is 530 g/mol. The van der Waals surface area contributed by atoms with Gasteiger partial charge in [0.1, 0.15) is 17.8 Å². The number of carboxylic acids is 1. The Balaban J connectivity index is 1.54. The van der Waals surface area contributed by atoms with Crippen LogP contribution in [0.4, 0.5) is 4.79 Å². The van der Waals surface area contributed by atoms with Crippen molar-refractivity contribution < 1.29 is 33.8 Å². The highest BCUT2D eigenvalue weighted by Crippen LogP contribution is 2.25. The predicted molar refractivity (Wildman–Crippen MR) is 148 cm³/mol. The molecule has 0 bridgehead atoms. The van der Waals surface area contributed by atoms with Gasteiger partial charge in [-0.15, -0.1) is 0 Å². The van der Waals surface area contributed by atoms with Gasteiger partial charge in [0.2, 0.25) is 11.8 Å². The first-order valence-electron chi connectivity index (χ1n) is 14.1. The van der Waals surface area contributed by atoms with Crippen LogP contribution >= 0.6 is 0 Å². The van der Waals surface area contributed by atoms with Gasteiger partial charge in [0.05, 0.1) is 6.61 Å². The van der Waals surface area contributed by atoms with Crippen molar-refractivity contribution in [2.75, 3.05) is 26.2 Å². The van der Waals surface area contributed by atoms with Crippen LogP contribution in [0.25, 0.3) is 11.4 Å². The van der Waals surface area contributed by atoms with Crippen molar-refractivity contribution >= 4 is 23.9 Å². The van der Waals surface area contributed by atoms with Gasteiger partial charge in [0, 0.05) is 43.7 Å². The summed E-state index contributed by atoms with van der Waals surface area (Å²) in [6.45, 7) is 4.52. The highest BCUT2D eigenvalue weighted by atomic mass is 16.6. The number of hydrogen-bond donors (Lipinski definition) is 2. The maximum atomic E-state index is 13.6. The average molecular weight is 568 g/mol. The standard InChI is InChI=1S/C29H37N5O7/c1-3-40-29(39)33-15-16-34(19(2)18-33)28(38)22(13-14-25(35)36)31-27(37)23-17-24(41-21-11-7-8-12-21)32-26(30-23)20-9-5-4-6-10-20/h4-6,9-10,17,19,21-22H,3,7-8,11-16,18H2,1-2H3,(H,31,37)(H,35,36)/t19?,22-/m0/s1. The summed E-state index contributed by atoms with van der Waals surface area (Å²) in [5, 5.41) is 12.0. The second-order valence-electron chi connectivity index (χ2n) is 10.3. The van der Waals surface area contributed by atoms with E-state index in [-0.39, 0.29) is 62.8 Å². The molecule has 1 aliphatic carbocycles. The molecule has 41 heavy (non-hydrogen) atoms. The molecule has 4 rings (SSSR count). The number of aromatic nitrogens is 2. The highest BCUT2D eigenvalue weighted by molar-refractivity contribution is 5.97. The number of amides is 3. The van der Waals surface area contributed by atoms with E-state index in [0.29, 0.717) is 11.4 Å². The van der Waals surface area contributed by atoms with Gasteiger partial charge >= 0.3 is 12.1 Å². The van der Waals surface area contributed by atoms with E-state index in [1.807, 2.05) is 30.3 Å². The molecule has 12 nitrogen and oxygen atoms in total. The number of hydrogen-bond acceptors (Lipinski definition) is 8. The number of carboxylic acid groups (broad SMARTS) is 1. The monoisotopic (exact) mass is 567 g/mol. The third-order valence-electron chi connectivity index (χ3n) is 7.24. The van der Waals surface area contributed by atoms with E-state index in [0.717, 1.165) is 25.7 Å². The Hall–Kier alpha value is -4.22. The van der Waals surface area contributed by atoms with Crippen LogP contribution < -0.4 is 10.1 Å². The smallest absolute Gasteiger partial charge is 0.409 e. The fraction of sp³-hybridized carbons (Fsp3) is 0.517. The number of carbonyl (C=O) groups is 4. The van der Waals surface area contributed by atoms with Gasteiger partial charge < -0.3 is 29.7 Å². The van der Waals surface area contributed by atoms with E-state index in [9.17, 15) is 24.3 Å². The molecule has 1 saturated carbocycles. The van der Waals surface area contributed by atoms with Crippen LogP contribution in [-0.2, 0) is 14.3 Å². The lowest BCUT2D eigenvalue weighted by Gasteiger charge is -2.40. The fourth-order valence-electron chi connectivity index (χ4n) is 5.12. The maximum Gasteiger partial charge on any atom is 0.409 e. The normalized spacial score (nSPS) is 18.0. The fourth-order valence-corrected chi connectivity index (χ4v) is 5.12. The Labute approximate surface area is 239 Å². The van der Waals surface area contributed by atoms with Crippen LogP contribution in [0.3, 0.4) is 0 Å². The molecule has 2 atom stereocenters. The van der Waals surface area contributed by atoms with Gasteiger partial charge in [0.25, 0.3) is 5.91 Å². The van der Waals surface area contributed by atoms with Crippen LogP contribution in [0.1, 0.15) is 62.9 Å². The zero-order valence-electron chi connectivity index (χ0n) is 23.5. The molecule has 2 N–H and O–H groups in total. The van der Waals surface area contributed by atoms with Gasteiger partial charge in [-0.1, -0.05) is 30.3 Å². The van der Waals surface area contributed by atoms with E-state index >= 15 is 0 Å². The maximum absolute atomic E-state index is 13.6. The van der Waals surface area contributed by atoms with Crippen LogP contribution in [0, 0.1) is 0 Å². The van der Waals surface area contributed by atoms with Crippen LogP contribution in [0.2, 0.25) is 0 Å². The first kappa shape index (κ1) is 29.8. The first-order valence-corrected chi connectivity index (χ1v) is 14.1. The van der Waals surface area contributed by atoms with Crippen molar-refractivity contribution in [3.05, 3.63) is 42.1 Å². The van der Waals surface area contributed by atoms with E-state index in [1.54, 1.807) is 18.7 Å². The molecule has 1 aromatic carbocycles. The number of aliphatic carboxylic acids is 1. The average Bonchev–Trinajstić information content (AvgIpc) is 3.48. The quantitative estimate of drug-likeness (QED) is 0.441. The molecular formula is C29H37N5O7. The number of piperazine rings is 1. The molecule has 2 aliphatic rings. The van der Waals surface area contributed by atoms with Crippen LogP contribution in [-0.4, -0.2) is 93.2 Å². The summed E-state index contributed by atoms with van der Waals surface area (Å²) in [6.07, 6.45) is 3.07. The molecule has 0 radical (unpaired) electrons. The van der Waals surface area contributed by atoms with Crippen molar-refractivity contribution in [3.63, 3.8) is 0 Å². The largest absolute Gasteiger partial charge is 0.481 e. The molecule has 12 heteroatoms. The van der Waals surface area contributed by atoms with E-state index in [4.69, 9.17) is 9.47 Å². The lowest BCUT2D eigenvalue weighted by Crippen LogP contribution is -2.59. The van der Waals surface area contributed by atoms with E-state index in [2.05, 4.69) is 15.3 Å². The number of nitrogens with one attached hydrogen (secondary N) is 1. The van der Waals surface area contributed by atoms with Crippen molar-refractivity contribution in [1.82, 2.24) is 25.1 Å². The lowest BCUT2D eigenvalue weighted by atomic mass is 10.1. The lowest BCUT2D eigenvalue weighted by molar-refractivity contribution is -0.139. The second-order valence-corrected chi connectivity index (χ2v) is 10.3. The van der Waals surface area contributed by atoms with E-state index < -0.39 is 29.9 Å². The van der Waals surface area contributed by atoms with Gasteiger partial charge in [-0.3, -0.25) is 14.4 Å². The number of nitrogens with zero attached hydrogens (tertiary/aromatic N) is 4. The number of rotatable bonds is 10. The number of carbonyl (C=O) groups excluding carboxylic acids is 3. The summed E-state index contributed by atoms with van der Waals surface area (Å²) in [5.41, 5.74) is 0.713. The van der Waals surface area contributed by atoms with Gasteiger partial charge in [-0.25, -0.2) is 9.78 Å². The minimum absolute atomic E-state index is 0.00379. The molecule has 3 amide bonds. The Morgan fingerprint density at radius 1 is 1.10 bits per heavy atom. The Kier molecular flexibility index (Phi) is 10.1. The minimum Gasteiger partial charge on any atom is -0.481 e. The summed E-state index contributed by atoms with van der Waals surface area (Å²) >= 11 is 0. The van der Waals surface area contributed by atoms with Gasteiger partial charge in [0.15, 0.2) is 5.82 Å². The summed E-state index contributed by atoms with van der Waals surface area (Å²) in [5.74, 6) is -1.56. The molecule has 1 aliphatic heterocycles. The number of ether oxygens (including phenoxy) is 2. The SMILES string of the molecule is CCOC(=O)N1CCN(C(=O)[C@H](CCC(=O)O)NC(=O)c2cc(OC3CCCC3)nc(-c3ccccc3)n2)C(C)C1. The molecule has 2 aromatic rings. The summed E-state index contributed by atoms with van der Waals surface area (Å²) in [4.78, 5) is 62.7. The molecule has 0 spiro atoms. The molecule has 2 fully saturated rings. The van der Waals surface area contributed by atoms with Crippen LogP contribution in [0.15, 0.2) is 36.4 Å². The molecule has 1 saturated heterocycles. The molecule has 2 heterocycles.